The first-order valence-electron chi connectivity index (χ1n) is 6.25. The van der Waals surface area contributed by atoms with Crippen LogP contribution in [0.3, 0.4) is 0 Å². The fourth-order valence-corrected chi connectivity index (χ4v) is 2.19. The van der Waals surface area contributed by atoms with Crippen LogP contribution in [0.2, 0.25) is 0 Å². The van der Waals surface area contributed by atoms with Crippen molar-refractivity contribution in [2.75, 3.05) is 19.8 Å². The SMILES string of the molecule is NCCC(=O)N[C@@H]1COC[C@H]1Cc1ccncc1. The van der Waals surface area contributed by atoms with Gasteiger partial charge in [0.25, 0.3) is 0 Å². The number of nitrogens with zero attached hydrogens (tertiary/aromatic N) is 1. The average molecular weight is 249 g/mol. The molecule has 5 heteroatoms. The second-order valence-corrected chi connectivity index (χ2v) is 4.57. The molecule has 0 radical (unpaired) electrons. The van der Waals surface area contributed by atoms with E-state index in [0.717, 1.165) is 6.42 Å². The molecule has 2 atom stereocenters. The summed E-state index contributed by atoms with van der Waals surface area (Å²) >= 11 is 0. The van der Waals surface area contributed by atoms with Crippen LogP contribution in [0.5, 0.6) is 0 Å². The highest BCUT2D eigenvalue weighted by atomic mass is 16.5. The molecule has 0 bridgehead atoms. The van der Waals surface area contributed by atoms with E-state index in [1.54, 1.807) is 12.4 Å². The first kappa shape index (κ1) is 13.0. The van der Waals surface area contributed by atoms with E-state index in [1.165, 1.54) is 5.56 Å². The van der Waals surface area contributed by atoms with E-state index < -0.39 is 0 Å². The molecule has 1 aromatic heterocycles. The summed E-state index contributed by atoms with van der Waals surface area (Å²) in [5, 5.41) is 2.99. The fraction of sp³-hybridized carbons (Fsp3) is 0.538. The largest absolute Gasteiger partial charge is 0.379 e. The van der Waals surface area contributed by atoms with Gasteiger partial charge in [-0.2, -0.15) is 0 Å². The van der Waals surface area contributed by atoms with Crippen LogP contribution in [0.15, 0.2) is 24.5 Å². The van der Waals surface area contributed by atoms with Gasteiger partial charge in [0.15, 0.2) is 0 Å². The number of hydrogen-bond acceptors (Lipinski definition) is 4. The van der Waals surface area contributed by atoms with Crippen LogP contribution >= 0.6 is 0 Å². The molecule has 1 fully saturated rings. The number of pyridine rings is 1. The number of amides is 1. The van der Waals surface area contributed by atoms with Gasteiger partial charge in [-0.15, -0.1) is 0 Å². The number of nitrogens with two attached hydrogens (primary N) is 1. The second-order valence-electron chi connectivity index (χ2n) is 4.57. The maximum atomic E-state index is 11.5. The van der Waals surface area contributed by atoms with Crippen LogP contribution < -0.4 is 11.1 Å². The van der Waals surface area contributed by atoms with Gasteiger partial charge in [-0.25, -0.2) is 0 Å². The summed E-state index contributed by atoms with van der Waals surface area (Å²) in [6.07, 6.45) is 4.84. The Morgan fingerprint density at radius 2 is 2.22 bits per heavy atom. The monoisotopic (exact) mass is 249 g/mol. The smallest absolute Gasteiger partial charge is 0.221 e. The standard InChI is InChI=1S/C13H19N3O2/c14-4-1-13(17)16-12-9-18-8-11(12)7-10-2-5-15-6-3-10/h2-3,5-6,11-12H,1,4,7-9,14H2,(H,16,17)/t11-,12-/m1/s1. The van der Waals surface area contributed by atoms with Crippen molar-refractivity contribution in [3.05, 3.63) is 30.1 Å². The lowest BCUT2D eigenvalue weighted by molar-refractivity contribution is -0.121. The molecule has 1 aliphatic heterocycles. The van der Waals surface area contributed by atoms with Gasteiger partial charge >= 0.3 is 0 Å². The molecular weight excluding hydrogens is 230 g/mol. The zero-order valence-electron chi connectivity index (χ0n) is 10.3. The summed E-state index contributed by atoms with van der Waals surface area (Å²) in [7, 11) is 0. The molecule has 1 saturated heterocycles. The number of hydrogen-bond donors (Lipinski definition) is 2. The van der Waals surface area contributed by atoms with Crippen molar-refractivity contribution in [3.8, 4) is 0 Å². The normalized spacial score (nSPS) is 22.9. The van der Waals surface area contributed by atoms with E-state index in [2.05, 4.69) is 10.3 Å². The Hall–Kier alpha value is -1.46. The van der Waals surface area contributed by atoms with E-state index in [4.69, 9.17) is 10.5 Å². The lowest BCUT2D eigenvalue weighted by atomic mass is 9.95. The lowest BCUT2D eigenvalue weighted by Gasteiger charge is -2.19. The number of carbonyl (C=O) groups excluding carboxylic acids is 1. The van der Waals surface area contributed by atoms with Crippen molar-refractivity contribution in [1.82, 2.24) is 10.3 Å². The van der Waals surface area contributed by atoms with Gasteiger partial charge < -0.3 is 15.8 Å². The molecule has 0 spiro atoms. The first-order chi connectivity index (χ1) is 8.79. The Labute approximate surface area is 107 Å². The minimum Gasteiger partial charge on any atom is -0.379 e. The van der Waals surface area contributed by atoms with Crippen LogP contribution in [0.25, 0.3) is 0 Å². The van der Waals surface area contributed by atoms with Crippen molar-refractivity contribution in [2.24, 2.45) is 11.7 Å². The van der Waals surface area contributed by atoms with Gasteiger partial charge in [0.05, 0.1) is 19.3 Å². The van der Waals surface area contributed by atoms with Crippen LogP contribution in [0.1, 0.15) is 12.0 Å². The van der Waals surface area contributed by atoms with Gasteiger partial charge in [0.1, 0.15) is 0 Å². The maximum absolute atomic E-state index is 11.5. The minimum atomic E-state index is 0.00716. The van der Waals surface area contributed by atoms with Crippen molar-refractivity contribution >= 4 is 5.91 Å². The Bertz CT molecular complexity index is 383. The molecule has 98 valence electrons. The Balaban J connectivity index is 1.89. The summed E-state index contributed by atoms with van der Waals surface area (Å²) in [5.74, 6) is 0.335. The van der Waals surface area contributed by atoms with E-state index in [-0.39, 0.29) is 11.9 Å². The number of aromatic nitrogens is 1. The zero-order chi connectivity index (χ0) is 12.8. The van der Waals surface area contributed by atoms with Crippen LogP contribution in [0.4, 0.5) is 0 Å². The highest BCUT2D eigenvalue weighted by molar-refractivity contribution is 5.76. The van der Waals surface area contributed by atoms with Crippen LogP contribution in [0, 0.1) is 5.92 Å². The number of ether oxygens (including phenoxy) is 1. The van der Waals surface area contributed by atoms with Gasteiger partial charge in [-0.1, -0.05) is 0 Å². The van der Waals surface area contributed by atoms with Crippen LogP contribution in [-0.4, -0.2) is 36.7 Å². The molecule has 2 heterocycles. The maximum Gasteiger partial charge on any atom is 0.221 e. The highest BCUT2D eigenvalue weighted by Crippen LogP contribution is 2.18. The topological polar surface area (TPSA) is 77.2 Å². The molecular formula is C13H19N3O2. The lowest BCUT2D eigenvalue weighted by Crippen LogP contribution is -2.41. The third kappa shape index (κ3) is 3.51. The number of carbonyl (C=O) groups is 1. The van der Waals surface area contributed by atoms with Gasteiger partial charge in [0.2, 0.25) is 5.91 Å². The average Bonchev–Trinajstić information content (AvgIpc) is 2.78. The molecule has 1 amide bonds. The number of rotatable bonds is 5. The molecule has 1 aromatic rings. The van der Waals surface area contributed by atoms with E-state index in [9.17, 15) is 4.79 Å². The molecule has 0 unspecified atom stereocenters. The minimum absolute atomic E-state index is 0.00716. The first-order valence-corrected chi connectivity index (χ1v) is 6.25. The predicted molar refractivity (Wildman–Crippen MR) is 67.9 cm³/mol. The summed E-state index contributed by atoms with van der Waals surface area (Å²) in [6.45, 7) is 1.66. The molecule has 0 saturated carbocycles. The van der Waals surface area contributed by atoms with Crippen molar-refractivity contribution < 1.29 is 9.53 Å². The Kier molecular flexibility index (Phi) is 4.66. The predicted octanol–water partition coefficient (Wildman–Crippen LogP) is 0.104. The number of nitrogens with one attached hydrogen (secondary N) is 1. The van der Waals surface area contributed by atoms with Crippen molar-refractivity contribution in [2.45, 2.75) is 18.9 Å². The van der Waals surface area contributed by atoms with Crippen LogP contribution in [-0.2, 0) is 16.0 Å². The Morgan fingerprint density at radius 3 is 2.94 bits per heavy atom. The quantitative estimate of drug-likeness (QED) is 0.776. The second kappa shape index (κ2) is 6.47. The molecule has 1 aliphatic rings. The van der Waals surface area contributed by atoms with Gasteiger partial charge in [0, 0.05) is 31.3 Å². The van der Waals surface area contributed by atoms with Crippen molar-refractivity contribution in [1.29, 1.82) is 0 Å². The Morgan fingerprint density at radius 1 is 1.44 bits per heavy atom. The highest BCUT2D eigenvalue weighted by Gasteiger charge is 2.29. The molecule has 5 nitrogen and oxygen atoms in total. The van der Waals surface area contributed by atoms with Crippen molar-refractivity contribution in [3.63, 3.8) is 0 Å². The summed E-state index contributed by atoms with van der Waals surface area (Å²) in [6, 6.07) is 4.09. The molecule has 0 aliphatic carbocycles. The third-order valence-electron chi connectivity index (χ3n) is 3.16. The third-order valence-corrected chi connectivity index (χ3v) is 3.16. The molecule has 18 heavy (non-hydrogen) atoms. The molecule has 2 rings (SSSR count). The van der Waals surface area contributed by atoms with E-state index in [1.807, 2.05) is 12.1 Å². The van der Waals surface area contributed by atoms with Gasteiger partial charge in [-0.05, 0) is 24.1 Å². The zero-order valence-corrected chi connectivity index (χ0v) is 10.3. The summed E-state index contributed by atoms with van der Waals surface area (Å²) < 4.78 is 5.46. The fourth-order valence-electron chi connectivity index (χ4n) is 2.19. The molecule has 3 N–H and O–H groups in total. The summed E-state index contributed by atoms with van der Waals surface area (Å²) in [4.78, 5) is 15.5. The van der Waals surface area contributed by atoms with E-state index in [0.29, 0.717) is 32.1 Å². The van der Waals surface area contributed by atoms with E-state index >= 15 is 0 Å². The molecule has 0 aromatic carbocycles. The van der Waals surface area contributed by atoms with Gasteiger partial charge in [-0.3, -0.25) is 9.78 Å². The summed E-state index contributed by atoms with van der Waals surface area (Å²) in [5.41, 5.74) is 6.58.